The Hall–Kier alpha value is -2.45. The molecule has 2 aromatic carbocycles. The molecule has 0 aromatic heterocycles. The Morgan fingerprint density at radius 1 is 1.15 bits per heavy atom. The number of ether oxygens (including phenoxy) is 1. The largest absolute Gasteiger partial charge is 0.389 e. The molecular weight excluding hydrogens is 326 g/mol. The number of aliphatic hydroxyl groups excluding tert-OH is 1. The van der Waals surface area contributed by atoms with Gasteiger partial charge in [-0.05, 0) is 12.5 Å². The summed E-state index contributed by atoms with van der Waals surface area (Å²) in [6.45, 7) is 2.20. The molecule has 2 aromatic rings. The third kappa shape index (κ3) is 6.45. The SMILES string of the molecule is C#CC(C)NCC(O)COC(Cc1ccccc1)C(=O)c1ccccc1. The molecule has 26 heavy (non-hydrogen) atoms. The summed E-state index contributed by atoms with van der Waals surface area (Å²) in [6, 6.07) is 18.6. The number of aliphatic hydroxyl groups is 1. The van der Waals surface area contributed by atoms with Crippen molar-refractivity contribution in [2.75, 3.05) is 13.2 Å². The summed E-state index contributed by atoms with van der Waals surface area (Å²) in [5, 5.41) is 13.1. The van der Waals surface area contributed by atoms with Crippen molar-refractivity contribution >= 4 is 5.78 Å². The van der Waals surface area contributed by atoms with Crippen LogP contribution < -0.4 is 5.32 Å². The first kappa shape index (κ1) is 19.9. The lowest BCUT2D eigenvalue weighted by molar-refractivity contribution is -0.00192. The number of Topliss-reactive ketones (excluding diaryl/α,β-unsaturated/α-hetero) is 1. The third-order valence-corrected chi connectivity index (χ3v) is 4.01. The van der Waals surface area contributed by atoms with Gasteiger partial charge >= 0.3 is 0 Å². The number of carbonyl (C=O) groups excluding carboxylic acids is 1. The van der Waals surface area contributed by atoms with Crippen LogP contribution in [0.4, 0.5) is 0 Å². The first-order valence-corrected chi connectivity index (χ1v) is 8.72. The molecule has 136 valence electrons. The molecule has 0 spiro atoms. The lowest BCUT2D eigenvalue weighted by Gasteiger charge is -2.20. The van der Waals surface area contributed by atoms with Crippen molar-refractivity contribution in [1.82, 2.24) is 5.32 Å². The van der Waals surface area contributed by atoms with E-state index in [4.69, 9.17) is 11.2 Å². The van der Waals surface area contributed by atoms with Crippen molar-refractivity contribution in [3.05, 3.63) is 71.8 Å². The van der Waals surface area contributed by atoms with Crippen LogP contribution in [0.2, 0.25) is 0 Å². The molecule has 0 aliphatic rings. The van der Waals surface area contributed by atoms with E-state index >= 15 is 0 Å². The molecule has 4 heteroatoms. The van der Waals surface area contributed by atoms with Crippen LogP contribution in [-0.4, -0.2) is 42.3 Å². The average molecular weight is 351 g/mol. The summed E-state index contributed by atoms with van der Waals surface area (Å²) in [6.07, 6.45) is 4.36. The van der Waals surface area contributed by atoms with Crippen molar-refractivity contribution in [2.24, 2.45) is 0 Å². The predicted molar refractivity (Wildman–Crippen MR) is 103 cm³/mol. The van der Waals surface area contributed by atoms with Crippen LogP contribution in [0.15, 0.2) is 60.7 Å². The van der Waals surface area contributed by atoms with Crippen LogP contribution in [0.5, 0.6) is 0 Å². The Morgan fingerprint density at radius 3 is 2.38 bits per heavy atom. The maximum Gasteiger partial charge on any atom is 0.191 e. The van der Waals surface area contributed by atoms with Crippen molar-refractivity contribution in [1.29, 1.82) is 0 Å². The maximum atomic E-state index is 12.8. The number of hydrogen-bond donors (Lipinski definition) is 2. The molecule has 0 aliphatic heterocycles. The molecule has 0 saturated heterocycles. The first-order valence-electron chi connectivity index (χ1n) is 8.72. The van der Waals surface area contributed by atoms with E-state index in [9.17, 15) is 9.90 Å². The number of rotatable bonds is 10. The van der Waals surface area contributed by atoms with E-state index in [0.717, 1.165) is 5.56 Å². The van der Waals surface area contributed by atoms with Gasteiger partial charge in [0, 0.05) is 18.5 Å². The maximum absolute atomic E-state index is 12.8. The first-order chi connectivity index (χ1) is 12.6. The van der Waals surface area contributed by atoms with Crippen molar-refractivity contribution < 1.29 is 14.6 Å². The molecule has 0 amide bonds. The van der Waals surface area contributed by atoms with Crippen molar-refractivity contribution in [2.45, 2.75) is 31.6 Å². The molecule has 3 atom stereocenters. The summed E-state index contributed by atoms with van der Waals surface area (Å²) >= 11 is 0. The van der Waals surface area contributed by atoms with Gasteiger partial charge in [0.25, 0.3) is 0 Å². The zero-order valence-corrected chi connectivity index (χ0v) is 15.0. The van der Waals surface area contributed by atoms with Crippen LogP contribution in [0, 0.1) is 12.3 Å². The van der Waals surface area contributed by atoms with Gasteiger partial charge in [-0.3, -0.25) is 4.79 Å². The lowest BCUT2D eigenvalue weighted by atomic mass is 10.00. The van der Waals surface area contributed by atoms with Gasteiger partial charge in [0.2, 0.25) is 0 Å². The molecule has 3 unspecified atom stereocenters. The number of carbonyl (C=O) groups is 1. The van der Waals surface area contributed by atoms with E-state index in [0.29, 0.717) is 18.5 Å². The minimum Gasteiger partial charge on any atom is -0.389 e. The molecule has 4 nitrogen and oxygen atoms in total. The van der Waals surface area contributed by atoms with Gasteiger partial charge in [-0.25, -0.2) is 0 Å². The van der Waals surface area contributed by atoms with E-state index in [1.54, 1.807) is 12.1 Å². The average Bonchev–Trinajstić information content (AvgIpc) is 2.70. The van der Waals surface area contributed by atoms with Crippen LogP contribution >= 0.6 is 0 Å². The van der Waals surface area contributed by atoms with Gasteiger partial charge in [-0.2, -0.15) is 0 Å². The third-order valence-electron chi connectivity index (χ3n) is 4.01. The fourth-order valence-corrected chi connectivity index (χ4v) is 2.50. The van der Waals surface area contributed by atoms with Crippen LogP contribution in [0.3, 0.4) is 0 Å². The number of benzene rings is 2. The molecule has 2 N–H and O–H groups in total. The molecule has 0 saturated carbocycles. The summed E-state index contributed by atoms with van der Waals surface area (Å²) in [4.78, 5) is 12.8. The molecule has 2 rings (SSSR count). The Morgan fingerprint density at radius 2 is 1.77 bits per heavy atom. The highest BCUT2D eigenvalue weighted by Gasteiger charge is 2.22. The van der Waals surface area contributed by atoms with Crippen molar-refractivity contribution in [3.63, 3.8) is 0 Å². The standard InChI is InChI=1S/C22H25NO3/c1-3-17(2)23-15-20(24)16-26-21(14-18-10-6-4-7-11-18)22(25)19-12-8-5-9-13-19/h1,4-13,17,20-21,23-24H,14-16H2,2H3. The number of ketones is 1. The Labute approximate surface area is 155 Å². The van der Waals surface area contributed by atoms with Gasteiger partial charge in [0.1, 0.15) is 6.10 Å². The zero-order chi connectivity index (χ0) is 18.8. The normalized spacial score (nSPS) is 14.2. The quantitative estimate of drug-likeness (QED) is 0.510. The van der Waals surface area contributed by atoms with Crippen molar-refractivity contribution in [3.8, 4) is 12.3 Å². The molecule has 0 fully saturated rings. The van der Waals surface area contributed by atoms with Crippen LogP contribution in [0.25, 0.3) is 0 Å². The molecule has 0 heterocycles. The Balaban J connectivity index is 2.01. The number of hydrogen-bond acceptors (Lipinski definition) is 4. The smallest absolute Gasteiger partial charge is 0.191 e. The summed E-state index contributed by atoms with van der Waals surface area (Å²) < 4.78 is 5.80. The second-order valence-electron chi connectivity index (χ2n) is 6.19. The topological polar surface area (TPSA) is 58.6 Å². The van der Waals surface area contributed by atoms with E-state index in [1.165, 1.54) is 0 Å². The minimum absolute atomic E-state index is 0.0559. The number of nitrogens with one attached hydrogen (secondary N) is 1. The van der Waals surface area contributed by atoms with E-state index < -0.39 is 12.2 Å². The van der Waals surface area contributed by atoms with E-state index in [1.807, 2.05) is 55.5 Å². The monoisotopic (exact) mass is 351 g/mol. The van der Waals surface area contributed by atoms with Gasteiger partial charge < -0.3 is 15.2 Å². The van der Waals surface area contributed by atoms with Gasteiger partial charge in [0.05, 0.1) is 18.8 Å². The van der Waals surface area contributed by atoms with Crippen LogP contribution in [-0.2, 0) is 11.2 Å². The molecule has 0 bridgehead atoms. The van der Waals surface area contributed by atoms with Gasteiger partial charge in [-0.15, -0.1) is 6.42 Å². The van der Waals surface area contributed by atoms with Gasteiger partial charge in [0.15, 0.2) is 5.78 Å². The summed E-state index contributed by atoms with van der Waals surface area (Å²) in [5.74, 6) is 2.45. The molecule has 0 aliphatic carbocycles. The molecule has 0 radical (unpaired) electrons. The highest BCUT2D eigenvalue weighted by molar-refractivity contribution is 5.99. The van der Waals surface area contributed by atoms with Crippen LogP contribution in [0.1, 0.15) is 22.8 Å². The minimum atomic E-state index is -0.743. The summed E-state index contributed by atoms with van der Waals surface area (Å²) in [7, 11) is 0. The second kappa shape index (κ2) is 10.5. The zero-order valence-electron chi connectivity index (χ0n) is 15.0. The predicted octanol–water partition coefficient (Wildman–Crippen LogP) is 2.47. The lowest BCUT2D eigenvalue weighted by Crippen LogP contribution is -2.37. The fraction of sp³-hybridized carbons (Fsp3) is 0.318. The number of terminal acetylenes is 1. The Kier molecular flexibility index (Phi) is 8.04. The van der Waals surface area contributed by atoms with Gasteiger partial charge in [-0.1, -0.05) is 66.6 Å². The second-order valence-corrected chi connectivity index (χ2v) is 6.19. The highest BCUT2D eigenvalue weighted by atomic mass is 16.5. The fourth-order valence-electron chi connectivity index (χ4n) is 2.50. The highest BCUT2D eigenvalue weighted by Crippen LogP contribution is 2.13. The van der Waals surface area contributed by atoms with E-state index in [-0.39, 0.29) is 18.4 Å². The summed E-state index contributed by atoms with van der Waals surface area (Å²) in [5.41, 5.74) is 1.61. The Bertz CT molecular complexity index is 709. The molecular formula is C22H25NO3. The van der Waals surface area contributed by atoms with E-state index in [2.05, 4.69) is 11.2 Å².